The number of amides is 2. The van der Waals surface area contributed by atoms with Crippen LogP contribution in [0.15, 0.2) is 60.7 Å². The van der Waals surface area contributed by atoms with E-state index in [-0.39, 0.29) is 35.2 Å². The van der Waals surface area contributed by atoms with Gasteiger partial charge in [0.2, 0.25) is 0 Å². The number of nitrogens with zero attached hydrogens (tertiary/aromatic N) is 2. The van der Waals surface area contributed by atoms with Crippen LogP contribution < -0.4 is 10.6 Å². The summed E-state index contributed by atoms with van der Waals surface area (Å²) in [6.07, 6.45) is 2.83. The molecule has 0 radical (unpaired) electrons. The van der Waals surface area contributed by atoms with Crippen molar-refractivity contribution in [3.05, 3.63) is 71.8 Å². The Morgan fingerprint density at radius 2 is 1.63 bits per heavy atom. The predicted octanol–water partition coefficient (Wildman–Crippen LogP) is 4.62. The number of carbonyl (C=O) groups is 3. The first-order valence-electron chi connectivity index (χ1n) is 13.7. The van der Waals surface area contributed by atoms with E-state index in [0.717, 1.165) is 30.3 Å². The van der Waals surface area contributed by atoms with Crippen LogP contribution in [0.5, 0.6) is 0 Å². The molecule has 2 aromatic carbocycles. The van der Waals surface area contributed by atoms with E-state index in [2.05, 4.69) is 45.3 Å². The fourth-order valence-electron chi connectivity index (χ4n) is 4.99. The molecule has 3 rings (SSSR count). The summed E-state index contributed by atoms with van der Waals surface area (Å²) >= 11 is 0. The number of hydrogen-bond donors (Lipinski definition) is 2. The minimum Gasteiger partial charge on any atom is -0.327 e. The first-order valence-corrected chi connectivity index (χ1v) is 13.7. The second kappa shape index (κ2) is 13.7. The molecule has 0 bridgehead atoms. The number of nitrogens with one attached hydrogen (secondary N) is 2. The monoisotopic (exact) mass is 520 g/mol. The number of rotatable bonds is 11. The van der Waals surface area contributed by atoms with Crippen molar-refractivity contribution >= 4 is 18.1 Å². The Balaban J connectivity index is 1.78. The standard InChI is InChI=1S/C31H44N4O3/c1-23(2)28(33-31(3,4)5)29(37)26-17-12-18-34(21-26)35(20-25-15-10-7-11-16-25)30(38)32-27(22-36)19-24-13-8-6-9-14-24/h6-11,13-16,22-23,26-28,33H,12,17-21H2,1-5H3,(H,32,38)/t26-,27+,28?/m1/s1. The SMILES string of the molecule is CC(C)C(NC(C)(C)C)C(=O)[C@@H]1CCCN(N(Cc2ccccc2)C(=O)N[C@H](C=O)Cc2ccccc2)C1. The van der Waals surface area contributed by atoms with Crippen molar-refractivity contribution in [2.45, 2.75) is 78.0 Å². The van der Waals surface area contributed by atoms with Gasteiger partial charge in [0.25, 0.3) is 0 Å². The molecule has 0 aromatic heterocycles. The largest absolute Gasteiger partial charge is 0.332 e. The summed E-state index contributed by atoms with van der Waals surface area (Å²) < 4.78 is 0. The summed E-state index contributed by atoms with van der Waals surface area (Å²) in [6.45, 7) is 11.9. The molecule has 7 nitrogen and oxygen atoms in total. The average Bonchev–Trinajstić information content (AvgIpc) is 2.90. The summed E-state index contributed by atoms with van der Waals surface area (Å²) in [4.78, 5) is 39.2. The van der Waals surface area contributed by atoms with Crippen LogP contribution in [0, 0.1) is 11.8 Å². The van der Waals surface area contributed by atoms with E-state index in [9.17, 15) is 14.4 Å². The first-order chi connectivity index (χ1) is 18.1. The molecule has 1 saturated heterocycles. The molecule has 0 spiro atoms. The van der Waals surface area contributed by atoms with Crippen LogP contribution >= 0.6 is 0 Å². The number of hydrogen-bond acceptors (Lipinski definition) is 5. The van der Waals surface area contributed by atoms with Gasteiger partial charge in [-0.2, -0.15) is 0 Å². The third-order valence-corrected chi connectivity index (χ3v) is 6.89. The first kappa shape index (κ1) is 29.5. The van der Waals surface area contributed by atoms with E-state index in [0.29, 0.717) is 26.1 Å². The third kappa shape index (κ3) is 8.77. The van der Waals surface area contributed by atoms with E-state index in [1.807, 2.05) is 65.7 Å². The Labute approximate surface area is 227 Å². The minimum atomic E-state index is -0.647. The normalized spacial score (nSPS) is 18.0. The maximum absolute atomic E-state index is 13.7. The van der Waals surface area contributed by atoms with Gasteiger partial charge >= 0.3 is 6.03 Å². The smallest absolute Gasteiger partial charge is 0.327 e. The Morgan fingerprint density at radius 1 is 1.03 bits per heavy atom. The Hall–Kier alpha value is -3.03. The molecule has 7 heteroatoms. The molecule has 0 saturated carbocycles. The van der Waals surface area contributed by atoms with E-state index in [1.165, 1.54) is 0 Å². The van der Waals surface area contributed by atoms with Gasteiger partial charge in [-0.3, -0.25) is 9.80 Å². The molecule has 38 heavy (non-hydrogen) atoms. The molecule has 1 unspecified atom stereocenters. The maximum Gasteiger partial charge on any atom is 0.332 e. The van der Waals surface area contributed by atoms with Gasteiger partial charge in [0, 0.05) is 24.5 Å². The van der Waals surface area contributed by atoms with Gasteiger partial charge in [-0.05, 0) is 57.1 Å². The van der Waals surface area contributed by atoms with Gasteiger partial charge in [0.05, 0.1) is 18.6 Å². The number of Topliss-reactive ketones (excluding diaryl/α,β-unsaturated/α-hetero) is 1. The summed E-state index contributed by atoms with van der Waals surface area (Å²) in [5, 5.41) is 10.1. The van der Waals surface area contributed by atoms with E-state index in [4.69, 9.17) is 0 Å². The van der Waals surface area contributed by atoms with Crippen molar-refractivity contribution < 1.29 is 14.4 Å². The van der Waals surface area contributed by atoms with Gasteiger partial charge in [0.1, 0.15) is 6.29 Å². The van der Waals surface area contributed by atoms with Gasteiger partial charge in [-0.1, -0.05) is 74.5 Å². The lowest BCUT2D eigenvalue weighted by molar-refractivity contribution is -0.131. The Kier molecular flexibility index (Phi) is 10.6. The summed E-state index contributed by atoms with van der Waals surface area (Å²) in [6, 6.07) is 18.2. The topological polar surface area (TPSA) is 81.8 Å². The highest BCUT2D eigenvalue weighted by Crippen LogP contribution is 2.24. The number of urea groups is 1. The number of piperidine rings is 1. The van der Waals surface area contributed by atoms with Crippen LogP contribution in [0.1, 0.15) is 58.6 Å². The summed E-state index contributed by atoms with van der Waals surface area (Å²) in [5.41, 5.74) is 1.78. The van der Waals surface area contributed by atoms with Crippen LogP contribution in [0.4, 0.5) is 4.79 Å². The molecule has 2 aromatic rings. The minimum absolute atomic E-state index is 0.159. The molecular formula is C31H44N4O3. The quantitative estimate of drug-likeness (QED) is 0.423. The fraction of sp³-hybridized carbons (Fsp3) is 0.516. The van der Waals surface area contributed by atoms with Gasteiger partial charge in [0.15, 0.2) is 5.78 Å². The summed E-state index contributed by atoms with van der Waals surface area (Å²) in [5.74, 6) is 0.185. The zero-order chi connectivity index (χ0) is 27.7. The van der Waals surface area contributed by atoms with Crippen molar-refractivity contribution in [2.75, 3.05) is 13.1 Å². The molecule has 0 aliphatic carbocycles. The lowest BCUT2D eigenvalue weighted by Crippen LogP contribution is -2.58. The second-order valence-corrected chi connectivity index (χ2v) is 11.7. The van der Waals surface area contributed by atoms with Crippen LogP contribution in [0.3, 0.4) is 0 Å². The highest BCUT2D eigenvalue weighted by atomic mass is 16.2. The number of aldehydes is 1. The summed E-state index contributed by atoms with van der Waals surface area (Å²) in [7, 11) is 0. The maximum atomic E-state index is 13.7. The van der Waals surface area contributed by atoms with Gasteiger partial charge in [-0.15, -0.1) is 0 Å². The van der Waals surface area contributed by atoms with Crippen molar-refractivity contribution in [1.82, 2.24) is 20.7 Å². The average molecular weight is 521 g/mol. The number of benzene rings is 2. The zero-order valence-corrected chi connectivity index (χ0v) is 23.5. The molecule has 1 heterocycles. The van der Waals surface area contributed by atoms with Crippen molar-refractivity contribution in [3.8, 4) is 0 Å². The molecule has 3 atom stereocenters. The van der Waals surface area contributed by atoms with E-state index >= 15 is 0 Å². The molecule has 1 aliphatic heterocycles. The van der Waals surface area contributed by atoms with Crippen LogP contribution in [-0.4, -0.2) is 58.8 Å². The highest BCUT2D eigenvalue weighted by molar-refractivity contribution is 5.87. The lowest BCUT2D eigenvalue weighted by atomic mass is 9.85. The highest BCUT2D eigenvalue weighted by Gasteiger charge is 2.36. The second-order valence-electron chi connectivity index (χ2n) is 11.7. The molecule has 206 valence electrons. The molecule has 1 fully saturated rings. The van der Waals surface area contributed by atoms with E-state index < -0.39 is 6.04 Å². The van der Waals surface area contributed by atoms with Crippen LogP contribution in [0.2, 0.25) is 0 Å². The molecule has 2 N–H and O–H groups in total. The lowest BCUT2D eigenvalue weighted by Gasteiger charge is -2.41. The predicted molar refractivity (Wildman–Crippen MR) is 151 cm³/mol. The molecular weight excluding hydrogens is 476 g/mol. The number of ketones is 1. The van der Waals surface area contributed by atoms with Crippen LogP contribution in [-0.2, 0) is 22.6 Å². The third-order valence-electron chi connectivity index (χ3n) is 6.89. The molecule has 1 aliphatic rings. The Bertz CT molecular complexity index is 1040. The Morgan fingerprint density at radius 3 is 2.18 bits per heavy atom. The number of carbonyl (C=O) groups excluding carboxylic acids is 3. The van der Waals surface area contributed by atoms with Crippen molar-refractivity contribution in [1.29, 1.82) is 0 Å². The van der Waals surface area contributed by atoms with E-state index in [1.54, 1.807) is 5.01 Å². The van der Waals surface area contributed by atoms with Crippen LogP contribution in [0.25, 0.3) is 0 Å². The zero-order valence-electron chi connectivity index (χ0n) is 23.5. The molecule has 2 amide bonds. The van der Waals surface area contributed by atoms with Gasteiger partial charge < -0.3 is 15.4 Å². The van der Waals surface area contributed by atoms with Gasteiger partial charge in [-0.25, -0.2) is 9.80 Å². The fourth-order valence-corrected chi connectivity index (χ4v) is 4.99. The number of hydrazine groups is 1. The van der Waals surface area contributed by atoms with Crippen molar-refractivity contribution in [2.24, 2.45) is 11.8 Å². The van der Waals surface area contributed by atoms with Crippen molar-refractivity contribution in [3.63, 3.8) is 0 Å².